The average molecular weight is 602 g/mol. The molecular weight excluding hydrogens is 562 g/mol. The fourth-order valence-corrected chi connectivity index (χ4v) is 7.31. The Hall–Kier alpha value is -1.28. The second-order valence-electron chi connectivity index (χ2n) is 11.3. The normalized spacial score (nSPS) is 29.6. The van der Waals surface area contributed by atoms with Crippen molar-refractivity contribution in [3.8, 4) is 11.3 Å². The van der Waals surface area contributed by atoms with Crippen LogP contribution in [-0.2, 0) is 10.8 Å². The van der Waals surface area contributed by atoms with E-state index < -0.39 is 0 Å². The fraction of sp³-hybridized carbons (Fsp3) is 0.571. The maximum absolute atomic E-state index is 4.79. The molecule has 4 N–H and O–H groups in total. The SMILES string of the molecule is Cl.Cl.Cl.Cl.c1cc(C23CCC(c4cnc(C5CCCN5)[nH]4)(CC2)CC3)ccc1-c1cnc(C2CCCN2)[nH]1. The number of fused-ring (bicyclic) bond motifs is 3. The Bertz CT molecular complexity index is 1140. The number of rotatable bonds is 5. The number of aromatic nitrogens is 4. The molecule has 0 radical (unpaired) electrons. The van der Waals surface area contributed by atoms with Crippen LogP contribution >= 0.6 is 49.6 Å². The minimum atomic E-state index is 0. The zero-order chi connectivity index (χ0) is 22.6. The summed E-state index contributed by atoms with van der Waals surface area (Å²) < 4.78 is 0. The van der Waals surface area contributed by atoms with Crippen molar-refractivity contribution < 1.29 is 0 Å². The van der Waals surface area contributed by atoms with Gasteiger partial charge >= 0.3 is 0 Å². The van der Waals surface area contributed by atoms with E-state index in [9.17, 15) is 0 Å². The predicted molar refractivity (Wildman–Crippen MR) is 163 cm³/mol. The van der Waals surface area contributed by atoms with Gasteiger partial charge in [-0.05, 0) is 93.8 Å². The van der Waals surface area contributed by atoms with Crippen molar-refractivity contribution in [1.29, 1.82) is 0 Å². The molecule has 3 saturated carbocycles. The molecule has 1 aromatic carbocycles. The number of aromatic amines is 2. The van der Waals surface area contributed by atoms with Crippen LogP contribution in [-0.4, -0.2) is 33.0 Å². The lowest BCUT2D eigenvalue weighted by molar-refractivity contribution is 0.0989. The van der Waals surface area contributed by atoms with Gasteiger partial charge in [0.15, 0.2) is 0 Å². The van der Waals surface area contributed by atoms with Crippen LogP contribution in [0.1, 0.15) is 99.2 Å². The lowest BCUT2D eigenvalue weighted by Gasteiger charge is -2.53. The van der Waals surface area contributed by atoms with Crippen LogP contribution in [0.5, 0.6) is 0 Å². The molecule has 8 rings (SSSR count). The lowest BCUT2D eigenvalue weighted by atomic mass is 9.51. The van der Waals surface area contributed by atoms with Gasteiger partial charge in [-0.3, -0.25) is 0 Å². The van der Waals surface area contributed by atoms with Gasteiger partial charge in [-0.25, -0.2) is 9.97 Å². The third kappa shape index (κ3) is 5.37. The minimum absolute atomic E-state index is 0. The molecule has 4 heterocycles. The van der Waals surface area contributed by atoms with Gasteiger partial charge in [0.2, 0.25) is 0 Å². The number of hydrogen-bond donors (Lipinski definition) is 4. The van der Waals surface area contributed by atoms with Crippen molar-refractivity contribution in [2.24, 2.45) is 0 Å². The van der Waals surface area contributed by atoms with E-state index in [-0.39, 0.29) is 49.6 Å². The zero-order valence-electron chi connectivity index (χ0n) is 21.6. The quantitative estimate of drug-likeness (QED) is 0.257. The molecule has 3 aromatic rings. The van der Waals surface area contributed by atoms with Gasteiger partial charge in [-0.15, -0.1) is 49.6 Å². The van der Waals surface area contributed by atoms with Gasteiger partial charge in [0.25, 0.3) is 0 Å². The molecule has 6 nitrogen and oxygen atoms in total. The summed E-state index contributed by atoms with van der Waals surface area (Å²) in [7, 11) is 0. The Morgan fingerprint density at radius 3 is 1.71 bits per heavy atom. The monoisotopic (exact) mass is 600 g/mol. The Balaban J connectivity index is 0.000001000. The molecule has 10 heteroatoms. The molecule has 2 aliphatic heterocycles. The summed E-state index contributed by atoms with van der Waals surface area (Å²) in [5.74, 6) is 2.24. The predicted octanol–water partition coefficient (Wildman–Crippen LogP) is 6.88. The van der Waals surface area contributed by atoms with E-state index in [1.807, 2.05) is 6.20 Å². The average Bonchev–Trinajstić information content (AvgIpc) is 3.72. The first-order valence-electron chi connectivity index (χ1n) is 13.4. The number of halogens is 4. The van der Waals surface area contributed by atoms with Gasteiger partial charge in [0.05, 0.1) is 24.0 Å². The first kappa shape index (κ1) is 31.3. The smallest absolute Gasteiger partial charge is 0.123 e. The summed E-state index contributed by atoms with van der Waals surface area (Å²) >= 11 is 0. The summed E-state index contributed by atoms with van der Waals surface area (Å²) in [5, 5.41) is 7.12. The van der Waals surface area contributed by atoms with E-state index in [1.165, 1.54) is 81.0 Å². The second-order valence-corrected chi connectivity index (χ2v) is 11.3. The van der Waals surface area contributed by atoms with Crippen LogP contribution in [0.25, 0.3) is 11.3 Å². The number of imidazole rings is 2. The van der Waals surface area contributed by atoms with Gasteiger partial charge < -0.3 is 20.6 Å². The summed E-state index contributed by atoms with van der Waals surface area (Å²) in [6.07, 6.45) is 16.7. The van der Waals surface area contributed by atoms with E-state index in [2.05, 4.69) is 56.0 Å². The highest BCUT2D eigenvalue weighted by atomic mass is 35.5. The Morgan fingerprint density at radius 1 is 0.632 bits per heavy atom. The molecule has 38 heavy (non-hydrogen) atoms. The first-order valence-corrected chi connectivity index (χ1v) is 13.4. The van der Waals surface area contributed by atoms with Crippen LogP contribution in [0.4, 0.5) is 0 Å². The largest absolute Gasteiger partial charge is 0.344 e. The van der Waals surface area contributed by atoms with Crippen LogP contribution in [0.15, 0.2) is 36.7 Å². The number of nitrogens with one attached hydrogen (secondary N) is 4. The minimum Gasteiger partial charge on any atom is -0.344 e. The Kier molecular flexibility index (Phi) is 10.3. The van der Waals surface area contributed by atoms with Gasteiger partial charge in [-0.1, -0.05) is 24.3 Å². The topological polar surface area (TPSA) is 81.4 Å². The van der Waals surface area contributed by atoms with Crippen molar-refractivity contribution >= 4 is 49.6 Å². The zero-order valence-corrected chi connectivity index (χ0v) is 24.9. The Labute approximate surface area is 250 Å². The number of hydrogen-bond acceptors (Lipinski definition) is 4. The number of H-pyrrole nitrogens is 2. The van der Waals surface area contributed by atoms with Crippen molar-refractivity contribution in [2.45, 2.75) is 87.1 Å². The lowest BCUT2D eigenvalue weighted by Crippen LogP contribution is -2.46. The van der Waals surface area contributed by atoms with Crippen LogP contribution in [0.3, 0.4) is 0 Å². The molecule has 2 saturated heterocycles. The fourth-order valence-electron chi connectivity index (χ4n) is 7.31. The van der Waals surface area contributed by atoms with Gasteiger partial charge in [-0.2, -0.15) is 0 Å². The molecule has 2 aromatic heterocycles. The summed E-state index contributed by atoms with van der Waals surface area (Å²) in [6.45, 7) is 2.21. The van der Waals surface area contributed by atoms with Crippen molar-refractivity contribution in [3.63, 3.8) is 0 Å². The van der Waals surface area contributed by atoms with Crippen molar-refractivity contribution in [2.75, 3.05) is 13.1 Å². The first-order chi connectivity index (χ1) is 16.7. The number of nitrogens with zero attached hydrogens (tertiary/aromatic N) is 2. The number of benzene rings is 1. The maximum atomic E-state index is 4.79. The highest BCUT2D eigenvalue weighted by Crippen LogP contribution is 2.58. The maximum Gasteiger partial charge on any atom is 0.123 e. The molecule has 2 atom stereocenters. The molecule has 0 spiro atoms. The highest BCUT2D eigenvalue weighted by molar-refractivity contribution is 5.86. The molecule has 2 unspecified atom stereocenters. The van der Waals surface area contributed by atoms with E-state index in [0.717, 1.165) is 30.4 Å². The van der Waals surface area contributed by atoms with Crippen LogP contribution in [0.2, 0.25) is 0 Å². The molecule has 0 amide bonds. The highest BCUT2D eigenvalue weighted by Gasteiger charge is 2.50. The molecule has 210 valence electrons. The second kappa shape index (κ2) is 12.5. The summed E-state index contributed by atoms with van der Waals surface area (Å²) in [4.78, 5) is 16.8. The van der Waals surface area contributed by atoms with E-state index >= 15 is 0 Å². The molecule has 5 fully saturated rings. The molecular formula is C28H40Cl4N6. The summed E-state index contributed by atoms with van der Waals surface area (Å²) in [6, 6.07) is 10.2. The standard InChI is InChI=1S/C28H36N6.4ClH/c1-3-21(29-15-1)25-31-17-23(33-25)19-5-7-20(8-6-19)27-9-12-28(13-10-27,14-11-27)24-18-32-26(34-24)22-4-2-16-30-22;;;;/h5-8,17-18,21-22,29-30H,1-4,9-16H2,(H,31,33)(H,32,34);4*1H. The molecule has 3 aliphatic carbocycles. The third-order valence-corrected chi connectivity index (χ3v) is 9.60. The third-order valence-electron chi connectivity index (χ3n) is 9.60. The van der Waals surface area contributed by atoms with Gasteiger partial charge in [0, 0.05) is 17.3 Å². The van der Waals surface area contributed by atoms with Crippen molar-refractivity contribution in [3.05, 3.63) is 59.6 Å². The Morgan fingerprint density at radius 2 is 1.16 bits per heavy atom. The van der Waals surface area contributed by atoms with E-state index in [1.54, 1.807) is 0 Å². The van der Waals surface area contributed by atoms with Crippen LogP contribution in [0, 0.1) is 0 Å². The van der Waals surface area contributed by atoms with Crippen molar-refractivity contribution in [1.82, 2.24) is 30.6 Å². The van der Waals surface area contributed by atoms with E-state index in [4.69, 9.17) is 4.98 Å². The van der Waals surface area contributed by atoms with Crippen LogP contribution < -0.4 is 10.6 Å². The van der Waals surface area contributed by atoms with Gasteiger partial charge in [0.1, 0.15) is 11.6 Å². The molecule has 5 aliphatic rings. The van der Waals surface area contributed by atoms with E-state index in [0.29, 0.717) is 22.9 Å². The molecule has 2 bridgehead atoms. The summed E-state index contributed by atoms with van der Waals surface area (Å²) in [5.41, 5.74) is 5.96.